The molecule has 0 saturated heterocycles. The van der Waals surface area contributed by atoms with Gasteiger partial charge in [-0.05, 0) is 54.6 Å². The Morgan fingerprint density at radius 2 is 1.96 bits per heavy atom. The highest BCUT2D eigenvalue weighted by Gasteiger charge is 2.19. The van der Waals surface area contributed by atoms with E-state index < -0.39 is 6.04 Å². The van der Waals surface area contributed by atoms with E-state index in [2.05, 4.69) is 5.32 Å². The molecule has 1 aromatic carbocycles. The molecule has 6 heteroatoms. The first kappa shape index (κ1) is 19.7. The van der Waals surface area contributed by atoms with Crippen molar-refractivity contribution in [3.63, 3.8) is 0 Å². The summed E-state index contributed by atoms with van der Waals surface area (Å²) in [4.78, 5) is 27.3. The summed E-state index contributed by atoms with van der Waals surface area (Å²) in [6.07, 6.45) is 3.12. The van der Waals surface area contributed by atoms with Crippen molar-refractivity contribution < 1.29 is 14.3 Å². The second kappa shape index (κ2) is 9.20. The number of likely N-dealkylation sites (N-methyl/N-ethyl adjacent to an activating group) is 1. The summed E-state index contributed by atoms with van der Waals surface area (Å²) in [7, 11) is 3.35. The molecule has 0 fully saturated rings. The van der Waals surface area contributed by atoms with Crippen molar-refractivity contribution >= 4 is 29.2 Å². The van der Waals surface area contributed by atoms with E-state index in [1.165, 1.54) is 11.6 Å². The number of hydrogen-bond acceptors (Lipinski definition) is 4. The van der Waals surface area contributed by atoms with Gasteiger partial charge in [-0.25, -0.2) is 0 Å². The summed E-state index contributed by atoms with van der Waals surface area (Å²) in [5, 5.41) is 4.72. The largest absolute Gasteiger partial charge is 0.497 e. The highest BCUT2D eigenvalue weighted by atomic mass is 32.1. The van der Waals surface area contributed by atoms with Crippen molar-refractivity contribution in [3.05, 3.63) is 57.8 Å². The van der Waals surface area contributed by atoms with E-state index in [1.807, 2.05) is 42.6 Å². The Bertz CT molecular complexity index is 781. The molecule has 0 aliphatic heterocycles. The summed E-state index contributed by atoms with van der Waals surface area (Å²) in [5.74, 6) is 0.334. The van der Waals surface area contributed by atoms with Gasteiger partial charge in [0.2, 0.25) is 11.8 Å². The lowest BCUT2D eigenvalue weighted by molar-refractivity contribution is -0.134. The number of carbonyl (C=O) groups is 2. The monoisotopic (exact) mass is 372 g/mol. The first-order chi connectivity index (χ1) is 12.4. The van der Waals surface area contributed by atoms with Gasteiger partial charge in [0, 0.05) is 18.0 Å². The first-order valence-corrected chi connectivity index (χ1v) is 9.19. The van der Waals surface area contributed by atoms with Crippen LogP contribution in [0.15, 0.2) is 41.8 Å². The minimum absolute atomic E-state index is 0.121. The van der Waals surface area contributed by atoms with Crippen molar-refractivity contribution in [2.24, 2.45) is 0 Å². The van der Waals surface area contributed by atoms with Gasteiger partial charge in [-0.3, -0.25) is 9.59 Å². The number of aryl methyl sites for hydroxylation is 1. The van der Waals surface area contributed by atoms with Crippen molar-refractivity contribution in [2.45, 2.75) is 26.4 Å². The lowest BCUT2D eigenvalue weighted by atomic mass is 10.2. The van der Waals surface area contributed by atoms with Crippen LogP contribution in [0.2, 0.25) is 0 Å². The average molecular weight is 372 g/mol. The highest BCUT2D eigenvalue weighted by Crippen LogP contribution is 2.17. The zero-order chi connectivity index (χ0) is 19.1. The second-order valence-electron chi connectivity index (χ2n) is 6.06. The zero-order valence-electron chi connectivity index (χ0n) is 15.5. The molecule has 0 aliphatic carbocycles. The molecular weight excluding hydrogens is 348 g/mol. The predicted octanol–water partition coefficient (Wildman–Crippen LogP) is 3.24. The van der Waals surface area contributed by atoms with Crippen LogP contribution in [0.3, 0.4) is 0 Å². The van der Waals surface area contributed by atoms with Gasteiger partial charge in [0.1, 0.15) is 11.8 Å². The zero-order valence-corrected chi connectivity index (χ0v) is 16.3. The van der Waals surface area contributed by atoms with Crippen LogP contribution < -0.4 is 10.1 Å². The van der Waals surface area contributed by atoms with Crippen molar-refractivity contribution in [1.82, 2.24) is 10.2 Å². The van der Waals surface area contributed by atoms with Gasteiger partial charge >= 0.3 is 0 Å². The Hall–Kier alpha value is -2.60. The van der Waals surface area contributed by atoms with E-state index in [9.17, 15) is 9.59 Å². The fourth-order valence-corrected chi connectivity index (χ4v) is 3.36. The minimum atomic E-state index is -0.590. The molecule has 1 aromatic heterocycles. The van der Waals surface area contributed by atoms with Crippen LogP contribution in [0.4, 0.5) is 0 Å². The maximum Gasteiger partial charge on any atom is 0.244 e. The van der Waals surface area contributed by atoms with Crippen LogP contribution in [0.1, 0.15) is 22.9 Å². The molecule has 1 N–H and O–H groups in total. The molecule has 1 heterocycles. The molecule has 2 aromatic rings. The molecule has 1 atom stereocenters. The molecule has 5 nitrogen and oxygen atoms in total. The third-order valence-electron chi connectivity index (χ3n) is 4.00. The van der Waals surface area contributed by atoms with Gasteiger partial charge in [-0.15, -0.1) is 11.3 Å². The molecule has 0 radical (unpaired) electrons. The van der Waals surface area contributed by atoms with Crippen LogP contribution >= 0.6 is 11.3 Å². The maximum atomic E-state index is 12.4. The van der Waals surface area contributed by atoms with Gasteiger partial charge in [0.25, 0.3) is 0 Å². The number of thiophene rings is 1. The normalized spacial score (nSPS) is 12.0. The standard InChI is InChI=1S/C20H24N2O3S/c1-14-11-12-26-18(14)13-22(3)20(24)15(2)21-19(23)10-7-16-5-8-17(25-4)9-6-16/h5-12,15H,13H2,1-4H3,(H,21,23)/b10-7-/t15-/m1/s1. The second-order valence-corrected chi connectivity index (χ2v) is 7.06. The van der Waals surface area contributed by atoms with Gasteiger partial charge in [-0.1, -0.05) is 12.1 Å². The van der Waals surface area contributed by atoms with E-state index in [-0.39, 0.29) is 11.8 Å². The summed E-state index contributed by atoms with van der Waals surface area (Å²) in [6, 6.07) is 8.81. The molecule has 2 amide bonds. The number of amides is 2. The number of nitrogens with one attached hydrogen (secondary N) is 1. The lowest BCUT2D eigenvalue weighted by Gasteiger charge is -2.21. The Kier molecular flexibility index (Phi) is 6.97. The summed E-state index contributed by atoms with van der Waals surface area (Å²) >= 11 is 1.63. The van der Waals surface area contributed by atoms with Crippen molar-refractivity contribution in [3.8, 4) is 5.75 Å². The Morgan fingerprint density at radius 1 is 1.27 bits per heavy atom. The summed E-state index contributed by atoms with van der Waals surface area (Å²) < 4.78 is 5.10. The quantitative estimate of drug-likeness (QED) is 0.759. The van der Waals surface area contributed by atoms with Gasteiger partial charge < -0.3 is 15.0 Å². The molecule has 138 valence electrons. The molecular formula is C20H24N2O3S. The van der Waals surface area contributed by atoms with Crippen LogP contribution in [0.25, 0.3) is 6.08 Å². The number of benzene rings is 1. The fraction of sp³-hybridized carbons (Fsp3) is 0.300. The van der Waals surface area contributed by atoms with Crippen LogP contribution in [0.5, 0.6) is 5.75 Å². The molecule has 0 unspecified atom stereocenters. The van der Waals surface area contributed by atoms with E-state index in [4.69, 9.17) is 4.74 Å². The average Bonchev–Trinajstić information content (AvgIpc) is 3.04. The number of carbonyl (C=O) groups excluding carboxylic acids is 2. The Morgan fingerprint density at radius 3 is 2.54 bits per heavy atom. The SMILES string of the molecule is COc1ccc(/C=C\C(=O)N[C@H](C)C(=O)N(C)Cc2sccc2C)cc1. The summed E-state index contributed by atoms with van der Waals surface area (Å²) in [5.41, 5.74) is 2.05. The topological polar surface area (TPSA) is 58.6 Å². The number of hydrogen-bond donors (Lipinski definition) is 1. The van der Waals surface area contributed by atoms with E-state index in [0.717, 1.165) is 16.2 Å². The van der Waals surface area contributed by atoms with Crippen LogP contribution in [0, 0.1) is 6.92 Å². The van der Waals surface area contributed by atoms with Gasteiger partial charge in [0.05, 0.1) is 13.7 Å². The molecule has 0 bridgehead atoms. The third-order valence-corrected chi connectivity index (χ3v) is 5.01. The van der Waals surface area contributed by atoms with Gasteiger partial charge in [0.15, 0.2) is 0 Å². The summed E-state index contributed by atoms with van der Waals surface area (Å²) in [6.45, 7) is 4.27. The molecule has 26 heavy (non-hydrogen) atoms. The first-order valence-electron chi connectivity index (χ1n) is 8.31. The van der Waals surface area contributed by atoms with Crippen molar-refractivity contribution in [1.29, 1.82) is 0 Å². The molecule has 2 rings (SSSR count). The van der Waals surface area contributed by atoms with Crippen molar-refractivity contribution in [2.75, 3.05) is 14.2 Å². The van der Waals surface area contributed by atoms with E-state index >= 15 is 0 Å². The number of ether oxygens (including phenoxy) is 1. The lowest BCUT2D eigenvalue weighted by Crippen LogP contribution is -2.44. The van der Waals surface area contributed by atoms with Crippen LogP contribution in [-0.2, 0) is 16.1 Å². The predicted molar refractivity (Wildman–Crippen MR) is 105 cm³/mol. The molecule has 0 aliphatic rings. The van der Waals surface area contributed by atoms with E-state index in [1.54, 1.807) is 43.4 Å². The number of rotatable bonds is 7. The molecule has 0 saturated carbocycles. The minimum Gasteiger partial charge on any atom is -0.497 e. The molecule has 0 spiro atoms. The Balaban J connectivity index is 1.87. The highest BCUT2D eigenvalue weighted by molar-refractivity contribution is 7.10. The van der Waals surface area contributed by atoms with Crippen LogP contribution in [-0.4, -0.2) is 36.9 Å². The third kappa shape index (κ3) is 5.46. The van der Waals surface area contributed by atoms with Gasteiger partial charge in [-0.2, -0.15) is 0 Å². The number of methoxy groups -OCH3 is 1. The fourth-order valence-electron chi connectivity index (χ4n) is 2.40. The Labute approximate surface area is 158 Å². The number of nitrogens with zero attached hydrogens (tertiary/aromatic N) is 1. The maximum absolute atomic E-state index is 12.4. The van der Waals surface area contributed by atoms with E-state index in [0.29, 0.717) is 6.54 Å². The smallest absolute Gasteiger partial charge is 0.244 e.